The zero-order chi connectivity index (χ0) is 14.2. The summed E-state index contributed by atoms with van der Waals surface area (Å²) < 4.78 is 0. The lowest BCUT2D eigenvalue weighted by Gasteiger charge is -2.23. The molecular weight excluding hydrogens is 263 g/mol. The molecule has 2 rings (SSSR count). The molecule has 0 bridgehead atoms. The summed E-state index contributed by atoms with van der Waals surface area (Å²) in [6.07, 6.45) is 1.14. The van der Waals surface area contributed by atoms with Gasteiger partial charge in [-0.05, 0) is 31.6 Å². The van der Waals surface area contributed by atoms with Gasteiger partial charge in [0.1, 0.15) is 0 Å². The highest BCUT2D eigenvalue weighted by atomic mass is 31.1. The van der Waals surface area contributed by atoms with Gasteiger partial charge in [0.25, 0.3) is 0 Å². The first-order valence-corrected chi connectivity index (χ1v) is 8.65. The van der Waals surface area contributed by atoms with Crippen LogP contribution in [0.2, 0.25) is 0 Å². The molecule has 0 spiro atoms. The average Bonchev–Trinajstić information content (AvgIpc) is 2.52. The number of rotatable bonds is 7. The van der Waals surface area contributed by atoms with E-state index in [0.29, 0.717) is 12.6 Å². The molecule has 0 amide bonds. The fourth-order valence-electron chi connectivity index (χ4n) is 2.24. The fourth-order valence-corrected chi connectivity index (χ4v) is 4.70. The molecule has 0 aromatic heterocycles. The highest BCUT2D eigenvalue weighted by Gasteiger charge is 2.16. The topological polar surface area (TPSA) is 38.0 Å². The SMILES string of the molecule is CC(CP(c1ccccc1)c1ccccc1)NCCN. The van der Waals surface area contributed by atoms with Crippen LogP contribution in [0.4, 0.5) is 0 Å². The Bertz CT molecular complexity index is 447. The van der Waals surface area contributed by atoms with Crippen molar-refractivity contribution in [3.8, 4) is 0 Å². The Morgan fingerprint density at radius 3 is 1.90 bits per heavy atom. The Morgan fingerprint density at radius 1 is 0.950 bits per heavy atom. The Hall–Kier alpha value is -1.21. The van der Waals surface area contributed by atoms with Crippen molar-refractivity contribution < 1.29 is 0 Å². The van der Waals surface area contributed by atoms with Crippen molar-refractivity contribution in [2.45, 2.75) is 13.0 Å². The normalized spacial score (nSPS) is 12.6. The fraction of sp³-hybridized carbons (Fsp3) is 0.294. The molecule has 20 heavy (non-hydrogen) atoms. The first kappa shape index (κ1) is 15.2. The molecule has 0 saturated heterocycles. The quantitative estimate of drug-likeness (QED) is 0.765. The molecule has 0 heterocycles. The number of hydrogen-bond donors (Lipinski definition) is 2. The molecule has 1 atom stereocenters. The van der Waals surface area contributed by atoms with Crippen LogP contribution in [0.25, 0.3) is 0 Å². The maximum absolute atomic E-state index is 5.57. The van der Waals surface area contributed by atoms with E-state index in [9.17, 15) is 0 Å². The lowest BCUT2D eigenvalue weighted by Crippen LogP contribution is -2.35. The van der Waals surface area contributed by atoms with E-state index in [1.54, 1.807) is 0 Å². The Balaban J connectivity index is 2.17. The molecule has 3 heteroatoms. The third kappa shape index (κ3) is 4.42. The van der Waals surface area contributed by atoms with Crippen LogP contribution in [-0.4, -0.2) is 25.3 Å². The largest absolute Gasteiger partial charge is 0.329 e. The van der Waals surface area contributed by atoms with Crippen molar-refractivity contribution in [1.29, 1.82) is 0 Å². The van der Waals surface area contributed by atoms with E-state index < -0.39 is 0 Å². The van der Waals surface area contributed by atoms with Crippen LogP contribution >= 0.6 is 7.92 Å². The van der Waals surface area contributed by atoms with E-state index in [1.807, 2.05) is 0 Å². The lowest BCUT2D eigenvalue weighted by atomic mass is 10.4. The molecule has 1 unspecified atom stereocenters. The summed E-state index contributed by atoms with van der Waals surface area (Å²) >= 11 is 0. The third-order valence-corrected chi connectivity index (χ3v) is 5.99. The van der Waals surface area contributed by atoms with Crippen molar-refractivity contribution in [3.63, 3.8) is 0 Å². The second-order valence-electron chi connectivity index (χ2n) is 4.93. The van der Waals surface area contributed by atoms with Gasteiger partial charge >= 0.3 is 0 Å². The molecule has 0 aliphatic heterocycles. The van der Waals surface area contributed by atoms with E-state index in [0.717, 1.165) is 12.7 Å². The van der Waals surface area contributed by atoms with E-state index in [4.69, 9.17) is 5.73 Å². The number of nitrogens with two attached hydrogens (primary N) is 1. The highest BCUT2D eigenvalue weighted by molar-refractivity contribution is 7.73. The number of hydrogen-bond acceptors (Lipinski definition) is 2. The average molecular weight is 286 g/mol. The Labute approximate surface area is 123 Å². The van der Waals surface area contributed by atoms with Gasteiger partial charge in [0, 0.05) is 19.1 Å². The van der Waals surface area contributed by atoms with E-state index in [-0.39, 0.29) is 7.92 Å². The molecule has 0 saturated carbocycles. The minimum Gasteiger partial charge on any atom is -0.329 e. The second kappa shape index (κ2) is 8.16. The molecule has 0 radical (unpaired) electrons. The predicted octanol–water partition coefficient (Wildman–Crippen LogP) is 2.06. The van der Waals surface area contributed by atoms with Crippen LogP contribution in [0.15, 0.2) is 60.7 Å². The van der Waals surface area contributed by atoms with Gasteiger partial charge in [-0.2, -0.15) is 0 Å². The minimum atomic E-state index is -0.310. The van der Waals surface area contributed by atoms with Crippen LogP contribution in [0, 0.1) is 0 Å². The van der Waals surface area contributed by atoms with Crippen LogP contribution < -0.4 is 21.7 Å². The Morgan fingerprint density at radius 2 is 1.45 bits per heavy atom. The standard InChI is InChI=1S/C17H23N2P/c1-15(19-13-12-18)14-20(16-8-4-2-5-9-16)17-10-6-3-7-11-17/h2-11,15,19H,12-14,18H2,1H3. The predicted molar refractivity (Wildman–Crippen MR) is 90.5 cm³/mol. The second-order valence-corrected chi connectivity index (χ2v) is 7.18. The van der Waals surface area contributed by atoms with E-state index in [2.05, 4.69) is 72.9 Å². The molecule has 2 aromatic rings. The molecule has 0 aliphatic rings. The Kier molecular flexibility index (Phi) is 6.20. The maximum atomic E-state index is 5.57. The smallest absolute Gasteiger partial charge is 0.00845 e. The monoisotopic (exact) mass is 286 g/mol. The number of nitrogens with one attached hydrogen (secondary N) is 1. The van der Waals surface area contributed by atoms with Crippen molar-refractivity contribution in [3.05, 3.63) is 60.7 Å². The summed E-state index contributed by atoms with van der Waals surface area (Å²) in [7, 11) is -0.310. The van der Waals surface area contributed by atoms with Gasteiger partial charge in [0.15, 0.2) is 0 Å². The van der Waals surface area contributed by atoms with Crippen LogP contribution in [-0.2, 0) is 0 Å². The van der Waals surface area contributed by atoms with Gasteiger partial charge < -0.3 is 11.1 Å². The van der Waals surface area contributed by atoms with Gasteiger partial charge in [-0.3, -0.25) is 0 Å². The molecule has 2 aromatic carbocycles. The van der Waals surface area contributed by atoms with Crippen LogP contribution in [0.5, 0.6) is 0 Å². The van der Waals surface area contributed by atoms with Gasteiger partial charge in [-0.25, -0.2) is 0 Å². The van der Waals surface area contributed by atoms with Gasteiger partial charge in [-0.1, -0.05) is 60.7 Å². The molecular formula is C17H23N2P. The van der Waals surface area contributed by atoms with Gasteiger partial charge in [0.05, 0.1) is 0 Å². The summed E-state index contributed by atoms with van der Waals surface area (Å²) in [5.74, 6) is 0. The zero-order valence-electron chi connectivity index (χ0n) is 12.0. The van der Waals surface area contributed by atoms with Gasteiger partial charge in [0.2, 0.25) is 0 Å². The first-order valence-electron chi connectivity index (χ1n) is 7.12. The van der Waals surface area contributed by atoms with Crippen LogP contribution in [0.3, 0.4) is 0 Å². The van der Waals surface area contributed by atoms with Crippen molar-refractivity contribution in [1.82, 2.24) is 5.32 Å². The summed E-state index contributed by atoms with van der Waals surface area (Å²) in [6.45, 7) is 3.82. The van der Waals surface area contributed by atoms with Crippen molar-refractivity contribution in [2.75, 3.05) is 19.3 Å². The molecule has 3 N–H and O–H groups in total. The third-order valence-electron chi connectivity index (χ3n) is 3.23. The van der Waals surface area contributed by atoms with E-state index in [1.165, 1.54) is 10.6 Å². The molecule has 2 nitrogen and oxygen atoms in total. The van der Waals surface area contributed by atoms with E-state index >= 15 is 0 Å². The molecule has 0 fully saturated rings. The van der Waals surface area contributed by atoms with Gasteiger partial charge in [-0.15, -0.1) is 0 Å². The summed E-state index contributed by atoms with van der Waals surface area (Å²) in [5.41, 5.74) is 5.57. The summed E-state index contributed by atoms with van der Waals surface area (Å²) in [5, 5.41) is 6.37. The first-order chi connectivity index (χ1) is 9.81. The maximum Gasteiger partial charge on any atom is 0.00845 e. The zero-order valence-corrected chi connectivity index (χ0v) is 12.9. The summed E-state index contributed by atoms with van der Waals surface area (Å²) in [4.78, 5) is 0. The molecule has 0 aliphatic carbocycles. The highest BCUT2D eigenvalue weighted by Crippen LogP contribution is 2.33. The minimum absolute atomic E-state index is 0.310. The van der Waals surface area contributed by atoms with Crippen molar-refractivity contribution in [2.24, 2.45) is 5.73 Å². The molecule has 106 valence electrons. The lowest BCUT2D eigenvalue weighted by molar-refractivity contribution is 0.601. The van der Waals surface area contributed by atoms with Crippen LogP contribution in [0.1, 0.15) is 6.92 Å². The number of benzene rings is 2. The summed E-state index contributed by atoms with van der Waals surface area (Å²) in [6, 6.07) is 22.1. The van der Waals surface area contributed by atoms with Crippen molar-refractivity contribution >= 4 is 18.5 Å².